The van der Waals surface area contributed by atoms with Crippen LogP contribution in [0.15, 0.2) is 0 Å². The molecule has 0 N–H and O–H groups in total. The van der Waals surface area contributed by atoms with Crippen LogP contribution in [-0.4, -0.2) is 13.2 Å². The van der Waals surface area contributed by atoms with Gasteiger partial charge in [0.25, 0.3) is 0 Å². The lowest BCUT2D eigenvalue weighted by atomic mass is 10.1. The van der Waals surface area contributed by atoms with Gasteiger partial charge in [-0.1, -0.05) is 0 Å². The Hall–Kier alpha value is -1.17. The molecule has 0 amide bonds. The Morgan fingerprint density at radius 1 is 0.812 bits per heavy atom. The van der Waals surface area contributed by atoms with Gasteiger partial charge in [0, 0.05) is 18.6 Å². The van der Waals surface area contributed by atoms with E-state index in [1.807, 2.05) is 0 Å². The summed E-state index contributed by atoms with van der Waals surface area (Å²) in [5, 5.41) is 0. The lowest BCUT2D eigenvalue weighted by molar-refractivity contribution is 0.149. The van der Waals surface area contributed by atoms with E-state index in [0.717, 1.165) is 0 Å². The zero-order chi connectivity index (χ0) is 12.3. The van der Waals surface area contributed by atoms with E-state index in [0.29, 0.717) is 6.61 Å². The highest BCUT2D eigenvalue weighted by Crippen LogP contribution is 2.23. The Morgan fingerprint density at radius 2 is 1.25 bits per heavy atom. The molecule has 0 aliphatic heterocycles. The summed E-state index contributed by atoms with van der Waals surface area (Å²) in [5.74, 6) is -9.59. The predicted molar refractivity (Wildman–Crippen MR) is 46.4 cm³/mol. The van der Waals surface area contributed by atoms with Crippen molar-refractivity contribution in [2.24, 2.45) is 0 Å². The number of rotatable bonds is 4. The van der Waals surface area contributed by atoms with Crippen LogP contribution in [0.1, 0.15) is 12.5 Å². The number of benzene rings is 1. The largest absolute Gasteiger partial charge is 0.381 e. The van der Waals surface area contributed by atoms with E-state index in [2.05, 4.69) is 0 Å². The molecule has 1 rings (SSSR count). The fourth-order valence-corrected chi connectivity index (χ4v) is 1.19. The third-order valence-corrected chi connectivity index (χ3v) is 2.00. The van der Waals surface area contributed by atoms with Gasteiger partial charge in [-0.05, 0) is 6.92 Å². The maximum Gasteiger partial charge on any atom is 0.200 e. The molecular weight excluding hydrogens is 231 g/mol. The molecular formula is C10H9F5O. The van der Waals surface area contributed by atoms with Gasteiger partial charge in [-0.25, -0.2) is 22.0 Å². The standard InChI is InChI=1S/C10H9F5O/c1-2-16-4-3-5-6(11)8(13)10(15)9(14)7(5)12/h2-4H2,1H3. The average Bonchev–Trinajstić information content (AvgIpc) is 2.28. The summed E-state index contributed by atoms with van der Waals surface area (Å²) in [5.41, 5.74) is -0.843. The smallest absolute Gasteiger partial charge is 0.200 e. The van der Waals surface area contributed by atoms with Crippen LogP contribution in [0.5, 0.6) is 0 Å². The molecule has 0 aliphatic rings. The Labute approximate surface area is 88.8 Å². The summed E-state index contributed by atoms with van der Waals surface area (Å²) in [6, 6.07) is 0. The number of hydrogen-bond acceptors (Lipinski definition) is 1. The summed E-state index contributed by atoms with van der Waals surface area (Å²) in [6.45, 7) is 1.85. The molecule has 0 saturated heterocycles. The van der Waals surface area contributed by atoms with Crippen molar-refractivity contribution in [1.82, 2.24) is 0 Å². The van der Waals surface area contributed by atoms with Crippen LogP contribution in [0.2, 0.25) is 0 Å². The van der Waals surface area contributed by atoms with E-state index in [9.17, 15) is 22.0 Å². The molecule has 6 heteroatoms. The first-order valence-corrected chi connectivity index (χ1v) is 4.58. The summed E-state index contributed by atoms with van der Waals surface area (Å²) in [6.07, 6.45) is -0.361. The molecule has 1 aromatic rings. The number of halogens is 5. The minimum atomic E-state index is -2.14. The van der Waals surface area contributed by atoms with Gasteiger partial charge in [-0.15, -0.1) is 0 Å². The molecule has 0 aromatic heterocycles. The minimum absolute atomic E-state index is 0.102. The van der Waals surface area contributed by atoms with E-state index >= 15 is 0 Å². The molecule has 0 radical (unpaired) electrons. The molecule has 1 aromatic carbocycles. The first-order valence-electron chi connectivity index (χ1n) is 4.58. The minimum Gasteiger partial charge on any atom is -0.381 e. The van der Waals surface area contributed by atoms with Crippen LogP contribution in [0.25, 0.3) is 0 Å². The van der Waals surface area contributed by atoms with Gasteiger partial charge in [0.05, 0.1) is 6.61 Å². The second-order valence-electron chi connectivity index (χ2n) is 3.00. The van der Waals surface area contributed by atoms with Gasteiger partial charge in [-0.3, -0.25) is 0 Å². The van der Waals surface area contributed by atoms with Crippen molar-refractivity contribution in [2.75, 3.05) is 13.2 Å². The van der Waals surface area contributed by atoms with Crippen molar-refractivity contribution in [2.45, 2.75) is 13.3 Å². The fraction of sp³-hybridized carbons (Fsp3) is 0.400. The maximum absolute atomic E-state index is 13.1. The molecule has 0 spiro atoms. The van der Waals surface area contributed by atoms with E-state index in [1.165, 1.54) is 0 Å². The molecule has 0 aliphatic carbocycles. The lowest BCUT2D eigenvalue weighted by Gasteiger charge is -2.07. The SMILES string of the molecule is CCOCCc1c(F)c(F)c(F)c(F)c1F. The van der Waals surface area contributed by atoms with Crippen molar-refractivity contribution in [1.29, 1.82) is 0 Å². The van der Waals surface area contributed by atoms with E-state index in [-0.39, 0.29) is 13.0 Å². The second kappa shape index (κ2) is 5.25. The topological polar surface area (TPSA) is 9.23 Å². The monoisotopic (exact) mass is 240 g/mol. The Bertz CT molecular complexity index is 362. The maximum atomic E-state index is 13.1. The quantitative estimate of drug-likeness (QED) is 0.340. The first-order chi connectivity index (χ1) is 7.50. The summed E-state index contributed by atoms with van der Waals surface area (Å²) in [7, 11) is 0. The second-order valence-corrected chi connectivity index (χ2v) is 3.00. The third kappa shape index (κ3) is 2.32. The summed E-state index contributed by atoms with van der Waals surface area (Å²) >= 11 is 0. The van der Waals surface area contributed by atoms with Gasteiger partial charge in [0.1, 0.15) is 0 Å². The predicted octanol–water partition coefficient (Wildman–Crippen LogP) is 2.96. The molecule has 0 unspecified atom stereocenters. The summed E-state index contributed by atoms with van der Waals surface area (Å²) < 4.78 is 68.9. The van der Waals surface area contributed by atoms with E-state index < -0.39 is 34.6 Å². The van der Waals surface area contributed by atoms with Crippen LogP contribution in [0.3, 0.4) is 0 Å². The highest BCUT2D eigenvalue weighted by atomic mass is 19.2. The highest BCUT2D eigenvalue weighted by molar-refractivity contribution is 5.24. The van der Waals surface area contributed by atoms with Gasteiger partial charge in [0.2, 0.25) is 5.82 Å². The zero-order valence-electron chi connectivity index (χ0n) is 8.42. The molecule has 0 heterocycles. The van der Waals surface area contributed by atoms with Gasteiger partial charge in [-0.2, -0.15) is 0 Å². The van der Waals surface area contributed by atoms with Crippen molar-refractivity contribution in [3.8, 4) is 0 Å². The average molecular weight is 240 g/mol. The van der Waals surface area contributed by atoms with Crippen LogP contribution in [0.4, 0.5) is 22.0 Å². The van der Waals surface area contributed by atoms with Gasteiger partial charge < -0.3 is 4.74 Å². The lowest BCUT2D eigenvalue weighted by Crippen LogP contribution is -2.09. The van der Waals surface area contributed by atoms with Crippen molar-refractivity contribution in [3.05, 3.63) is 34.6 Å². The molecule has 1 nitrogen and oxygen atoms in total. The highest BCUT2D eigenvalue weighted by Gasteiger charge is 2.25. The summed E-state index contributed by atoms with van der Waals surface area (Å²) in [4.78, 5) is 0. The molecule has 0 atom stereocenters. The Kier molecular flexibility index (Phi) is 4.23. The Balaban J connectivity index is 3.08. The van der Waals surface area contributed by atoms with Crippen LogP contribution in [0, 0.1) is 29.1 Å². The molecule has 0 bridgehead atoms. The first kappa shape index (κ1) is 12.9. The van der Waals surface area contributed by atoms with Crippen molar-refractivity contribution >= 4 is 0 Å². The van der Waals surface area contributed by atoms with Crippen molar-refractivity contribution < 1.29 is 26.7 Å². The number of hydrogen-bond donors (Lipinski definition) is 0. The number of ether oxygens (including phenoxy) is 1. The van der Waals surface area contributed by atoms with E-state index in [1.54, 1.807) is 6.92 Å². The fourth-order valence-electron chi connectivity index (χ4n) is 1.19. The molecule has 0 fully saturated rings. The van der Waals surface area contributed by atoms with Crippen LogP contribution >= 0.6 is 0 Å². The third-order valence-electron chi connectivity index (χ3n) is 2.00. The van der Waals surface area contributed by atoms with Crippen LogP contribution in [-0.2, 0) is 11.2 Å². The molecule has 16 heavy (non-hydrogen) atoms. The van der Waals surface area contributed by atoms with Gasteiger partial charge in [0.15, 0.2) is 23.3 Å². The van der Waals surface area contributed by atoms with Crippen LogP contribution < -0.4 is 0 Å². The Morgan fingerprint density at radius 3 is 1.69 bits per heavy atom. The van der Waals surface area contributed by atoms with Gasteiger partial charge >= 0.3 is 0 Å². The zero-order valence-corrected chi connectivity index (χ0v) is 8.42. The van der Waals surface area contributed by atoms with E-state index in [4.69, 9.17) is 4.74 Å². The van der Waals surface area contributed by atoms with Crippen molar-refractivity contribution in [3.63, 3.8) is 0 Å². The molecule has 90 valence electrons. The normalized spacial score (nSPS) is 10.9. The molecule has 0 saturated carbocycles.